The molecule has 0 aromatic heterocycles. The molecular weight excluding hydrogens is 234 g/mol. The first-order valence-corrected chi connectivity index (χ1v) is 8.23. The summed E-state index contributed by atoms with van der Waals surface area (Å²) >= 11 is 0. The molecule has 0 aliphatic heterocycles. The van der Waals surface area contributed by atoms with Crippen molar-refractivity contribution in [2.75, 3.05) is 40.8 Å². The first-order chi connectivity index (χ1) is 9.15. The Balaban J connectivity index is 2.53. The van der Waals surface area contributed by atoms with Crippen LogP contribution in [0.4, 0.5) is 0 Å². The lowest BCUT2D eigenvalue weighted by Crippen LogP contribution is -2.50. The zero-order chi connectivity index (χ0) is 14.1. The molecule has 1 aliphatic rings. The number of hydrogen-bond acceptors (Lipinski definition) is 3. The molecule has 19 heavy (non-hydrogen) atoms. The lowest BCUT2D eigenvalue weighted by molar-refractivity contribution is 0.152. The van der Waals surface area contributed by atoms with Gasteiger partial charge in [0, 0.05) is 25.2 Å². The van der Waals surface area contributed by atoms with Crippen LogP contribution >= 0.6 is 0 Å². The van der Waals surface area contributed by atoms with Gasteiger partial charge in [0.15, 0.2) is 0 Å². The minimum atomic E-state index is 0.701. The smallest absolute Gasteiger partial charge is 0.0246 e. The van der Waals surface area contributed by atoms with Crippen LogP contribution in [0, 0.1) is 0 Å². The van der Waals surface area contributed by atoms with Gasteiger partial charge in [-0.25, -0.2) is 0 Å². The fourth-order valence-electron chi connectivity index (χ4n) is 3.08. The Morgan fingerprint density at radius 3 is 2.26 bits per heavy atom. The molecule has 0 amide bonds. The lowest BCUT2D eigenvalue weighted by atomic mass is 9.91. The molecule has 2 atom stereocenters. The fraction of sp³-hybridized carbons (Fsp3) is 1.00. The Bertz CT molecular complexity index is 216. The fourth-order valence-corrected chi connectivity index (χ4v) is 3.08. The molecule has 0 aromatic carbocycles. The largest absolute Gasteiger partial charge is 0.312 e. The van der Waals surface area contributed by atoms with Crippen LogP contribution in [0.5, 0.6) is 0 Å². The summed E-state index contributed by atoms with van der Waals surface area (Å²) in [7, 11) is 6.65. The molecule has 3 nitrogen and oxygen atoms in total. The van der Waals surface area contributed by atoms with E-state index in [2.05, 4.69) is 43.2 Å². The van der Waals surface area contributed by atoms with Crippen LogP contribution in [0.3, 0.4) is 0 Å². The van der Waals surface area contributed by atoms with Crippen LogP contribution in [0.2, 0.25) is 0 Å². The van der Waals surface area contributed by atoms with Gasteiger partial charge in [-0.05, 0) is 47.0 Å². The van der Waals surface area contributed by atoms with Crippen molar-refractivity contribution in [2.24, 2.45) is 0 Å². The molecule has 3 heteroatoms. The number of nitrogens with zero attached hydrogens (tertiary/aromatic N) is 2. The minimum absolute atomic E-state index is 0.701. The van der Waals surface area contributed by atoms with Crippen LogP contribution in [-0.2, 0) is 0 Å². The van der Waals surface area contributed by atoms with Gasteiger partial charge in [-0.15, -0.1) is 0 Å². The summed E-state index contributed by atoms with van der Waals surface area (Å²) in [6.07, 6.45) is 9.63. The second-order valence-corrected chi connectivity index (χ2v) is 6.40. The molecule has 0 spiro atoms. The Hall–Kier alpha value is -0.120. The van der Waals surface area contributed by atoms with Gasteiger partial charge >= 0.3 is 0 Å². The number of hydrogen-bond donors (Lipinski definition) is 1. The third-order valence-electron chi connectivity index (χ3n) is 4.35. The third kappa shape index (κ3) is 6.73. The van der Waals surface area contributed by atoms with Crippen molar-refractivity contribution in [3.63, 3.8) is 0 Å². The van der Waals surface area contributed by atoms with Gasteiger partial charge in [-0.3, -0.25) is 0 Å². The Kier molecular flexibility index (Phi) is 8.67. The van der Waals surface area contributed by atoms with Gasteiger partial charge in [0.05, 0.1) is 0 Å². The van der Waals surface area contributed by atoms with E-state index in [4.69, 9.17) is 0 Å². The van der Waals surface area contributed by atoms with Gasteiger partial charge < -0.3 is 15.1 Å². The minimum Gasteiger partial charge on any atom is -0.312 e. The number of likely N-dealkylation sites (N-methyl/N-ethyl adjacent to an activating group) is 2. The first kappa shape index (κ1) is 16.9. The SMILES string of the molecule is CCCNC1CCCCCCC1N(C)CCN(C)C. The molecule has 1 fully saturated rings. The molecule has 114 valence electrons. The Labute approximate surface area is 120 Å². The molecule has 0 saturated heterocycles. The summed E-state index contributed by atoms with van der Waals surface area (Å²) in [6.45, 7) is 5.78. The topological polar surface area (TPSA) is 18.5 Å². The van der Waals surface area contributed by atoms with Crippen LogP contribution in [0.15, 0.2) is 0 Å². The van der Waals surface area contributed by atoms with E-state index in [1.807, 2.05) is 0 Å². The van der Waals surface area contributed by atoms with E-state index in [-0.39, 0.29) is 0 Å². The van der Waals surface area contributed by atoms with Crippen molar-refractivity contribution in [3.8, 4) is 0 Å². The molecule has 1 rings (SSSR count). The van der Waals surface area contributed by atoms with Gasteiger partial charge in [0.1, 0.15) is 0 Å². The third-order valence-corrected chi connectivity index (χ3v) is 4.35. The van der Waals surface area contributed by atoms with Crippen molar-refractivity contribution in [3.05, 3.63) is 0 Å². The molecule has 0 radical (unpaired) electrons. The Morgan fingerprint density at radius 1 is 0.947 bits per heavy atom. The first-order valence-electron chi connectivity index (χ1n) is 8.23. The van der Waals surface area contributed by atoms with Crippen molar-refractivity contribution in [1.29, 1.82) is 0 Å². The summed E-state index contributed by atoms with van der Waals surface area (Å²) in [5, 5.41) is 3.80. The van der Waals surface area contributed by atoms with Crippen molar-refractivity contribution in [1.82, 2.24) is 15.1 Å². The highest BCUT2D eigenvalue weighted by Gasteiger charge is 2.25. The monoisotopic (exact) mass is 269 g/mol. The summed E-state index contributed by atoms with van der Waals surface area (Å²) in [5.74, 6) is 0. The van der Waals surface area contributed by atoms with Crippen LogP contribution in [0.1, 0.15) is 51.9 Å². The highest BCUT2D eigenvalue weighted by Crippen LogP contribution is 2.21. The van der Waals surface area contributed by atoms with E-state index in [0.717, 1.165) is 12.6 Å². The van der Waals surface area contributed by atoms with E-state index in [1.165, 1.54) is 58.0 Å². The molecule has 0 bridgehead atoms. The van der Waals surface area contributed by atoms with E-state index in [0.29, 0.717) is 6.04 Å². The summed E-state index contributed by atoms with van der Waals surface area (Å²) < 4.78 is 0. The summed E-state index contributed by atoms with van der Waals surface area (Å²) in [5.41, 5.74) is 0. The second-order valence-electron chi connectivity index (χ2n) is 6.40. The molecule has 0 aromatic rings. The average Bonchev–Trinajstić information content (AvgIpc) is 2.35. The van der Waals surface area contributed by atoms with Gasteiger partial charge in [0.25, 0.3) is 0 Å². The maximum Gasteiger partial charge on any atom is 0.0246 e. The van der Waals surface area contributed by atoms with Crippen molar-refractivity contribution in [2.45, 2.75) is 64.0 Å². The van der Waals surface area contributed by atoms with Gasteiger partial charge in [0.2, 0.25) is 0 Å². The highest BCUT2D eigenvalue weighted by atomic mass is 15.2. The standard InChI is InChI=1S/C16H35N3/c1-5-12-17-15-10-8-6-7-9-11-16(15)19(4)14-13-18(2)3/h15-17H,5-14H2,1-4H3. The van der Waals surface area contributed by atoms with Crippen molar-refractivity contribution >= 4 is 0 Å². The maximum absolute atomic E-state index is 3.80. The quantitative estimate of drug-likeness (QED) is 0.766. The molecule has 0 heterocycles. The van der Waals surface area contributed by atoms with E-state index >= 15 is 0 Å². The van der Waals surface area contributed by atoms with Crippen molar-refractivity contribution < 1.29 is 0 Å². The van der Waals surface area contributed by atoms with Crippen LogP contribution in [0.25, 0.3) is 0 Å². The predicted octanol–water partition coefficient (Wildman–Crippen LogP) is 2.57. The van der Waals surface area contributed by atoms with Gasteiger partial charge in [-0.1, -0.05) is 32.6 Å². The van der Waals surface area contributed by atoms with Gasteiger partial charge in [-0.2, -0.15) is 0 Å². The molecule has 1 saturated carbocycles. The number of nitrogens with one attached hydrogen (secondary N) is 1. The zero-order valence-electron chi connectivity index (χ0n) is 13.6. The molecule has 2 unspecified atom stereocenters. The second kappa shape index (κ2) is 9.73. The highest BCUT2D eigenvalue weighted by molar-refractivity contribution is 4.85. The average molecular weight is 269 g/mol. The molecule has 1 N–H and O–H groups in total. The lowest BCUT2D eigenvalue weighted by Gasteiger charge is -2.37. The normalized spacial score (nSPS) is 25.6. The Morgan fingerprint density at radius 2 is 1.63 bits per heavy atom. The number of rotatable bonds is 7. The predicted molar refractivity (Wildman–Crippen MR) is 84.8 cm³/mol. The molecule has 1 aliphatic carbocycles. The zero-order valence-corrected chi connectivity index (χ0v) is 13.6. The van der Waals surface area contributed by atoms with E-state index in [9.17, 15) is 0 Å². The van der Waals surface area contributed by atoms with E-state index < -0.39 is 0 Å². The maximum atomic E-state index is 3.80. The van der Waals surface area contributed by atoms with E-state index in [1.54, 1.807) is 0 Å². The van der Waals surface area contributed by atoms with Crippen LogP contribution in [-0.4, -0.2) is 62.7 Å². The molecular formula is C16H35N3. The van der Waals surface area contributed by atoms with Crippen LogP contribution < -0.4 is 5.32 Å². The summed E-state index contributed by atoms with van der Waals surface area (Å²) in [4.78, 5) is 4.88. The summed E-state index contributed by atoms with van der Waals surface area (Å²) in [6, 6.07) is 1.43.